The first-order valence-corrected chi connectivity index (χ1v) is 9.98. The van der Waals surface area contributed by atoms with Crippen molar-refractivity contribution < 1.29 is 4.79 Å². The number of nitrogens with one attached hydrogen (secondary N) is 1. The van der Waals surface area contributed by atoms with E-state index >= 15 is 0 Å². The molecule has 6 heteroatoms. The Balaban J connectivity index is 1.73. The zero-order valence-electron chi connectivity index (χ0n) is 16.7. The molecule has 1 aliphatic heterocycles. The van der Waals surface area contributed by atoms with E-state index in [2.05, 4.69) is 46.4 Å². The molecule has 1 saturated heterocycles. The summed E-state index contributed by atoms with van der Waals surface area (Å²) in [7, 11) is 2.00. The van der Waals surface area contributed by atoms with Crippen molar-refractivity contribution in [2.45, 2.75) is 40.0 Å². The number of hydrogen-bond donors (Lipinski definition) is 1. The van der Waals surface area contributed by atoms with Crippen LogP contribution in [0.4, 0.5) is 11.4 Å². The molecule has 6 nitrogen and oxygen atoms in total. The Bertz CT molecular complexity index is 844. The molecule has 1 amide bonds. The van der Waals surface area contributed by atoms with Crippen molar-refractivity contribution in [3.05, 3.63) is 24.0 Å². The van der Waals surface area contributed by atoms with Crippen LogP contribution in [0.2, 0.25) is 0 Å². The minimum absolute atomic E-state index is 0.142. The van der Waals surface area contributed by atoms with Gasteiger partial charge in [-0.25, -0.2) is 0 Å². The van der Waals surface area contributed by atoms with Crippen LogP contribution in [0, 0.1) is 24.7 Å². The summed E-state index contributed by atoms with van der Waals surface area (Å²) in [4.78, 5) is 14.7. The van der Waals surface area contributed by atoms with Crippen molar-refractivity contribution in [1.82, 2.24) is 14.8 Å². The molecule has 2 heterocycles. The van der Waals surface area contributed by atoms with Gasteiger partial charge in [0, 0.05) is 43.0 Å². The minimum Gasteiger partial charge on any atom is -0.370 e. The number of aromatic nitrogens is 3. The van der Waals surface area contributed by atoms with Crippen LogP contribution < -0.4 is 10.2 Å². The summed E-state index contributed by atoms with van der Waals surface area (Å²) >= 11 is 0. The lowest BCUT2D eigenvalue weighted by atomic mass is 9.91. The van der Waals surface area contributed by atoms with Crippen LogP contribution in [0.1, 0.15) is 38.9 Å². The van der Waals surface area contributed by atoms with Crippen LogP contribution in [-0.4, -0.2) is 33.8 Å². The van der Waals surface area contributed by atoms with Crippen molar-refractivity contribution >= 4 is 17.3 Å². The Hall–Kier alpha value is -2.37. The van der Waals surface area contributed by atoms with Crippen molar-refractivity contribution in [2.24, 2.45) is 24.8 Å². The highest BCUT2D eigenvalue weighted by Gasteiger charge is 2.30. The summed E-state index contributed by atoms with van der Waals surface area (Å²) < 4.78 is 2.03. The number of rotatable bonds is 4. The quantitative estimate of drug-likeness (QED) is 0.896. The van der Waals surface area contributed by atoms with Crippen LogP contribution in [0.3, 0.4) is 0 Å². The molecule has 1 N–H and O–H groups in total. The SMILES string of the molecule is Cc1nnc(-c2ccc(NC(=O)C3CC3)cc2N2CC(C)C[C@H](C)C2)n1C. The third-order valence-electron chi connectivity index (χ3n) is 5.76. The Kier molecular flexibility index (Phi) is 4.66. The summed E-state index contributed by atoms with van der Waals surface area (Å²) in [6.45, 7) is 8.63. The Morgan fingerprint density at radius 2 is 1.85 bits per heavy atom. The molecule has 2 fully saturated rings. The first-order valence-electron chi connectivity index (χ1n) is 9.98. The summed E-state index contributed by atoms with van der Waals surface area (Å²) in [5.41, 5.74) is 3.08. The van der Waals surface area contributed by atoms with Gasteiger partial charge in [-0.2, -0.15) is 0 Å². The van der Waals surface area contributed by atoms with Gasteiger partial charge in [0.15, 0.2) is 5.82 Å². The number of carbonyl (C=O) groups excluding carboxylic acids is 1. The molecule has 0 radical (unpaired) electrons. The number of anilines is 2. The monoisotopic (exact) mass is 367 g/mol. The maximum absolute atomic E-state index is 12.2. The molecule has 1 unspecified atom stereocenters. The van der Waals surface area contributed by atoms with Gasteiger partial charge in [0.05, 0.1) is 0 Å². The lowest BCUT2D eigenvalue weighted by Crippen LogP contribution is -2.39. The lowest BCUT2D eigenvalue weighted by molar-refractivity contribution is -0.117. The zero-order valence-corrected chi connectivity index (χ0v) is 16.7. The first kappa shape index (κ1) is 18.0. The van der Waals surface area contributed by atoms with Gasteiger partial charge in [0.1, 0.15) is 5.82 Å². The van der Waals surface area contributed by atoms with Gasteiger partial charge in [0.25, 0.3) is 0 Å². The van der Waals surface area contributed by atoms with Gasteiger partial charge in [-0.05, 0) is 56.2 Å². The average Bonchev–Trinajstić information content (AvgIpc) is 3.42. The normalized spacial score (nSPS) is 22.7. The van der Waals surface area contributed by atoms with E-state index in [0.29, 0.717) is 11.8 Å². The number of benzene rings is 1. The Morgan fingerprint density at radius 3 is 2.44 bits per heavy atom. The molecule has 1 aliphatic carbocycles. The number of carbonyl (C=O) groups is 1. The molecule has 27 heavy (non-hydrogen) atoms. The molecule has 144 valence electrons. The summed E-state index contributed by atoms with van der Waals surface area (Å²) in [6.07, 6.45) is 3.28. The molecule has 2 atom stereocenters. The first-order chi connectivity index (χ1) is 12.9. The highest BCUT2D eigenvalue weighted by molar-refractivity contribution is 5.95. The second-order valence-corrected chi connectivity index (χ2v) is 8.48. The third-order valence-corrected chi connectivity index (χ3v) is 5.76. The highest BCUT2D eigenvalue weighted by atomic mass is 16.2. The molecule has 0 bridgehead atoms. The highest BCUT2D eigenvalue weighted by Crippen LogP contribution is 2.37. The van der Waals surface area contributed by atoms with E-state index in [0.717, 1.165) is 54.5 Å². The van der Waals surface area contributed by atoms with Gasteiger partial charge in [-0.3, -0.25) is 4.79 Å². The van der Waals surface area contributed by atoms with Crippen molar-refractivity contribution in [1.29, 1.82) is 0 Å². The number of amides is 1. The molecule has 1 aromatic carbocycles. The van der Waals surface area contributed by atoms with Crippen LogP contribution >= 0.6 is 0 Å². The van der Waals surface area contributed by atoms with Crippen molar-refractivity contribution in [3.8, 4) is 11.4 Å². The number of aryl methyl sites for hydroxylation is 1. The molecular formula is C21H29N5O. The van der Waals surface area contributed by atoms with Crippen molar-refractivity contribution in [2.75, 3.05) is 23.3 Å². The average molecular weight is 367 g/mol. The van der Waals surface area contributed by atoms with Gasteiger partial charge >= 0.3 is 0 Å². The van der Waals surface area contributed by atoms with E-state index < -0.39 is 0 Å². The molecule has 2 aromatic rings. The minimum atomic E-state index is 0.142. The van der Waals surface area contributed by atoms with Crippen molar-refractivity contribution in [3.63, 3.8) is 0 Å². The fourth-order valence-corrected chi connectivity index (χ4v) is 4.15. The number of piperidine rings is 1. The van der Waals surface area contributed by atoms with E-state index in [9.17, 15) is 4.79 Å². The molecule has 2 aliphatic rings. The Labute approximate surface area is 161 Å². The smallest absolute Gasteiger partial charge is 0.227 e. The number of nitrogens with zero attached hydrogens (tertiary/aromatic N) is 4. The summed E-state index contributed by atoms with van der Waals surface area (Å²) in [5.74, 6) is 3.39. The van der Waals surface area contributed by atoms with Gasteiger partial charge < -0.3 is 14.8 Å². The standard InChI is InChI=1S/C21H29N5O/c1-13-9-14(2)12-26(11-13)19-10-17(22-21(27)16-5-6-16)7-8-18(19)20-24-23-15(3)25(20)4/h7-8,10,13-14,16H,5-6,9,11-12H2,1-4H3,(H,22,27)/t13-,14?/m0/s1. The van der Waals surface area contributed by atoms with Gasteiger partial charge in [-0.1, -0.05) is 13.8 Å². The molecule has 0 spiro atoms. The zero-order chi connectivity index (χ0) is 19.1. The molecular weight excluding hydrogens is 338 g/mol. The third kappa shape index (κ3) is 3.70. The second-order valence-electron chi connectivity index (χ2n) is 8.48. The predicted octanol–water partition coefficient (Wildman–Crippen LogP) is 3.62. The summed E-state index contributed by atoms with van der Waals surface area (Å²) in [5, 5.41) is 11.7. The fourth-order valence-electron chi connectivity index (χ4n) is 4.15. The van der Waals surface area contributed by atoms with Crippen LogP contribution in [0.5, 0.6) is 0 Å². The maximum Gasteiger partial charge on any atom is 0.227 e. The van der Waals surface area contributed by atoms with E-state index in [4.69, 9.17) is 0 Å². The van der Waals surface area contributed by atoms with E-state index in [-0.39, 0.29) is 11.8 Å². The van der Waals surface area contributed by atoms with E-state index in [1.807, 2.05) is 24.6 Å². The molecule has 1 aromatic heterocycles. The van der Waals surface area contributed by atoms with Crippen LogP contribution in [0.25, 0.3) is 11.4 Å². The second kappa shape index (κ2) is 6.98. The van der Waals surface area contributed by atoms with Crippen LogP contribution in [-0.2, 0) is 11.8 Å². The van der Waals surface area contributed by atoms with Gasteiger partial charge in [0.2, 0.25) is 5.91 Å². The van der Waals surface area contributed by atoms with E-state index in [1.165, 1.54) is 6.42 Å². The fraction of sp³-hybridized carbons (Fsp3) is 0.571. The maximum atomic E-state index is 12.2. The van der Waals surface area contributed by atoms with E-state index in [1.54, 1.807) is 0 Å². The van der Waals surface area contributed by atoms with Crippen LogP contribution in [0.15, 0.2) is 18.2 Å². The number of hydrogen-bond acceptors (Lipinski definition) is 4. The Morgan fingerprint density at radius 1 is 1.15 bits per heavy atom. The largest absolute Gasteiger partial charge is 0.370 e. The predicted molar refractivity (Wildman–Crippen MR) is 108 cm³/mol. The van der Waals surface area contributed by atoms with Gasteiger partial charge in [-0.15, -0.1) is 10.2 Å². The summed E-state index contributed by atoms with van der Waals surface area (Å²) in [6, 6.07) is 6.18. The topological polar surface area (TPSA) is 63.1 Å². The molecule has 4 rings (SSSR count). The molecule has 1 saturated carbocycles. The lowest BCUT2D eigenvalue weighted by Gasteiger charge is -2.37.